The quantitative estimate of drug-likeness (QED) is 0.762. The Morgan fingerprint density at radius 3 is 2.83 bits per heavy atom. The molecular formula is C15H24N2S. The van der Waals surface area contributed by atoms with Crippen LogP contribution in [0.25, 0.3) is 0 Å². The van der Waals surface area contributed by atoms with E-state index in [0.717, 1.165) is 12.6 Å². The van der Waals surface area contributed by atoms with Gasteiger partial charge < -0.3 is 10.2 Å². The van der Waals surface area contributed by atoms with Gasteiger partial charge in [-0.2, -0.15) is 0 Å². The van der Waals surface area contributed by atoms with Crippen molar-refractivity contribution in [2.75, 3.05) is 31.9 Å². The highest BCUT2D eigenvalue weighted by Gasteiger charge is 2.16. The molecule has 1 saturated heterocycles. The predicted molar refractivity (Wildman–Crippen MR) is 80.3 cm³/mol. The molecule has 1 aromatic rings. The van der Waals surface area contributed by atoms with Crippen LogP contribution in [0.4, 0.5) is 0 Å². The number of rotatable bonds is 7. The number of nitrogens with zero attached hydrogens (tertiary/aromatic N) is 1. The molecule has 1 unspecified atom stereocenters. The van der Waals surface area contributed by atoms with Crippen LogP contribution >= 0.6 is 11.8 Å². The first-order valence-electron chi connectivity index (χ1n) is 7.02. The zero-order chi connectivity index (χ0) is 12.6. The van der Waals surface area contributed by atoms with E-state index in [1.807, 2.05) is 11.8 Å². The Hall–Kier alpha value is -0.510. The molecule has 1 aliphatic rings. The fourth-order valence-corrected chi connectivity index (χ4v) is 3.35. The molecule has 1 aliphatic heterocycles. The highest BCUT2D eigenvalue weighted by Crippen LogP contribution is 2.17. The molecule has 0 aromatic heterocycles. The molecule has 0 bridgehead atoms. The van der Waals surface area contributed by atoms with Crippen LogP contribution in [0.15, 0.2) is 35.2 Å². The zero-order valence-corrected chi connectivity index (χ0v) is 12.1. The van der Waals surface area contributed by atoms with E-state index in [2.05, 4.69) is 47.5 Å². The predicted octanol–water partition coefficient (Wildman–Crippen LogP) is 2.85. The molecule has 2 nitrogen and oxygen atoms in total. The third kappa shape index (κ3) is 4.63. The largest absolute Gasteiger partial charge is 0.313 e. The van der Waals surface area contributed by atoms with Gasteiger partial charge in [0.1, 0.15) is 0 Å². The molecule has 0 spiro atoms. The first-order valence-corrected chi connectivity index (χ1v) is 8.00. The van der Waals surface area contributed by atoms with Crippen molar-refractivity contribution in [2.45, 2.75) is 30.7 Å². The Kier molecular flexibility index (Phi) is 6.05. The second-order valence-corrected chi connectivity index (χ2v) is 6.02. The fourth-order valence-electron chi connectivity index (χ4n) is 2.41. The van der Waals surface area contributed by atoms with E-state index in [1.54, 1.807) is 0 Å². The fraction of sp³-hybridized carbons (Fsp3) is 0.600. The Morgan fingerprint density at radius 2 is 2.17 bits per heavy atom. The molecule has 1 atom stereocenters. The lowest BCUT2D eigenvalue weighted by Gasteiger charge is -2.23. The molecule has 18 heavy (non-hydrogen) atoms. The molecule has 0 saturated carbocycles. The van der Waals surface area contributed by atoms with Crippen molar-refractivity contribution in [2.24, 2.45) is 0 Å². The summed E-state index contributed by atoms with van der Waals surface area (Å²) < 4.78 is 0. The topological polar surface area (TPSA) is 15.3 Å². The van der Waals surface area contributed by atoms with Crippen molar-refractivity contribution in [3.05, 3.63) is 30.3 Å². The van der Waals surface area contributed by atoms with Gasteiger partial charge in [-0.05, 0) is 38.1 Å². The number of hydrogen-bond donors (Lipinski definition) is 1. The lowest BCUT2D eigenvalue weighted by molar-refractivity contribution is 0.276. The van der Waals surface area contributed by atoms with Gasteiger partial charge in [0.05, 0.1) is 0 Å². The van der Waals surface area contributed by atoms with Crippen molar-refractivity contribution in [3.8, 4) is 0 Å². The van der Waals surface area contributed by atoms with E-state index in [0.29, 0.717) is 0 Å². The average molecular weight is 264 g/mol. The molecule has 1 fully saturated rings. The summed E-state index contributed by atoms with van der Waals surface area (Å²) in [6.07, 6.45) is 2.70. The normalized spacial score (nSPS) is 19.6. The van der Waals surface area contributed by atoms with Crippen molar-refractivity contribution >= 4 is 11.8 Å². The highest BCUT2D eigenvalue weighted by molar-refractivity contribution is 7.99. The van der Waals surface area contributed by atoms with E-state index in [9.17, 15) is 0 Å². The Balaban J connectivity index is 1.67. The first kappa shape index (κ1) is 13.9. The molecule has 3 heteroatoms. The number of likely N-dealkylation sites (N-methyl/N-ethyl adjacent to an activating group) is 1. The lowest BCUT2D eigenvalue weighted by Crippen LogP contribution is -2.38. The van der Waals surface area contributed by atoms with Crippen LogP contribution in [0.5, 0.6) is 0 Å². The van der Waals surface area contributed by atoms with Crippen molar-refractivity contribution < 1.29 is 0 Å². The van der Waals surface area contributed by atoms with Crippen LogP contribution < -0.4 is 5.32 Å². The zero-order valence-electron chi connectivity index (χ0n) is 11.3. The van der Waals surface area contributed by atoms with Gasteiger partial charge in [0, 0.05) is 29.8 Å². The minimum Gasteiger partial charge on any atom is -0.313 e. The number of thioether (sulfide) groups is 1. The molecule has 2 rings (SSSR count). The van der Waals surface area contributed by atoms with Crippen LogP contribution in [-0.2, 0) is 0 Å². The molecule has 0 amide bonds. The van der Waals surface area contributed by atoms with Crippen molar-refractivity contribution in [3.63, 3.8) is 0 Å². The molecule has 100 valence electrons. The maximum Gasteiger partial charge on any atom is 0.0195 e. The highest BCUT2D eigenvalue weighted by atomic mass is 32.2. The van der Waals surface area contributed by atoms with Crippen LogP contribution in [0, 0.1) is 0 Å². The van der Waals surface area contributed by atoms with Gasteiger partial charge in [0.25, 0.3) is 0 Å². The standard InChI is InChI=1S/C15H24N2S/c1-2-17(13-14-7-6-10-16-14)11-12-18-15-8-4-3-5-9-15/h3-5,8-9,14,16H,2,6-7,10-13H2,1H3. The summed E-state index contributed by atoms with van der Waals surface area (Å²) in [6.45, 7) is 7.04. The SMILES string of the molecule is CCN(CCSc1ccccc1)CC1CCCN1. The number of nitrogens with one attached hydrogen (secondary N) is 1. The summed E-state index contributed by atoms with van der Waals surface area (Å²) in [5.74, 6) is 1.19. The van der Waals surface area contributed by atoms with Crippen LogP contribution in [0.3, 0.4) is 0 Å². The van der Waals surface area contributed by atoms with E-state index >= 15 is 0 Å². The molecule has 0 aliphatic carbocycles. The molecule has 0 radical (unpaired) electrons. The maximum absolute atomic E-state index is 3.58. The molecular weight excluding hydrogens is 240 g/mol. The summed E-state index contributed by atoms with van der Waals surface area (Å²) in [5.41, 5.74) is 0. The van der Waals surface area contributed by atoms with Crippen molar-refractivity contribution in [1.29, 1.82) is 0 Å². The van der Waals surface area contributed by atoms with E-state index in [4.69, 9.17) is 0 Å². The summed E-state index contributed by atoms with van der Waals surface area (Å²) in [7, 11) is 0. The van der Waals surface area contributed by atoms with Gasteiger partial charge in [0.15, 0.2) is 0 Å². The Labute approximate surface area is 115 Å². The lowest BCUT2D eigenvalue weighted by atomic mass is 10.2. The summed E-state index contributed by atoms with van der Waals surface area (Å²) in [5, 5.41) is 3.58. The minimum absolute atomic E-state index is 0.728. The summed E-state index contributed by atoms with van der Waals surface area (Å²) >= 11 is 1.96. The maximum atomic E-state index is 3.58. The van der Waals surface area contributed by atoms with Crippen LogP contribution in [0.1, 0.15) is 19.8 Å². The second-order valence-electron chi connectivity index (χ2n) is 4.85. The molecule has 1 heterocycles. The van der Waals surface area contributed by atoms with Gasteiger partial charge >= 0.3 is 0 Å². The minimum atomic E-state index is 0.728. The summed E-state index contributed by atoms with van der Waals surface area (Å²) in [6, 6.07) is 11.4. The van der Waals surface area contributed by atoms with Gasteiger partial charge in [0.2, 0.25) is 0 Å². The third-order valence-electron chi connectivity index (χ3n) is 3.51. The third-order valence-corrected chi connectivity index (χ3v) is 4.50. The second kappa shape index (κ2) is 7.82. The van der Waals surface area contributed by atoms with Crippen LogP contribution in [-0.4, -0.2) is 42.9 Å². The van der Waals surface area contributed by atoms with E-state index in [-0.39, 0.29) is 0 Å². The number of hydrogen-bond acceptors (Lipinski definition) is 3. The smallest absolute Gasteiger partial charge is 0.0195 e. The van der Waals surface area contributed by atoms with Gasteiger partial charge in [-0.3, -0.25) is 0 Å². The van der Waals surface area contributed by atoms with Gasteiger partial charge in [-0.15, -0.1) is 11.8 Å². The van der Waals surface area contributed by atoms with Gasteiger partial charge in [-0.1, -0.05) is 25.1 Å². The molecule has 1 N–H and O–H groups in total. The Morgan fingerprint density at radius 1 is 1.33 bits per heavy atom. The van der Waals surface area contributed by atoms with Crippen molar-refractivity contribution in [1.82, 2.24) is 10.2 Å². The summed E-state index contributed by atoms with van der Waals surface area (Å²) in [4.78, 5) is 3.95. The van der Waals surface area contributed by atoms with Crippen LogP contribution in [0.2, 0.25) is 0 Å². The van der Waals surface area contributed by atoms with Gasteiger partial charge in [-0.25, -0.2) is 0 Å². The first-order chi connectivity index (χ1) is 8.88. The number of benzene rings is 1. The monoisotopic (exact) mass is 264 g/mol. The van der Waals surface area contributed by atoms with E-state index < -0.39 is 0 Å². The average Bonchev–Trinajstić information content (AvgIpc) is 2.92. The van der Waals surface area contributed by atoms with E-state index in [1.165, 1.54) is 43.1 Å². The Bertz CT molecular complexity index is 323. The molecule has 1 aromatic carbocycles.